The van der Waals surface area contributed by atoms with Crippen LogP contribution in [-0.2, 0) is 22.9 Å². The first-order chi connectivity index (χ1) is 16.4. The molecule has 2 aliphatic rings. The van der Waals surface area contributed by atoms with E-state index < -0.39 is 10.0 Å². The Morgan fingerprint density at radius 1 is 0.971 bits per heavy atom. The lowest BCUT2D eigenvalue weighted by Crippen LogP contribution is -2.38. The van der Waals surface area contributed by atoms with Gasteiger partial charge in [0.1, 0.15) is 5.82 Å². The SMILES string of the molecule is CN(C1CCCCC1)S(=O)(=O)c1ccc(C(=O)Nc2c3c(nn2-c2ccccc2)CCC3)cc1. The Morgan fingerprint density at radius 2 is 1.68 bits per heavy atom. The lowest BCUT2D eigenvalue weighted by Gasteiger charge is -2.30. The fourth-order valence-corrected chi connectivity index (χ4v) is 6.46. The van der Waals surface area contributed by atoms with Crippen molar-refractivity contribution in [2.75, 3.05) is 12.4 Å². The van der Waals surface area contributed by atoms with Gasteiger partial charge in [-0.25, -0.2) is 13.1 Å². The number of carbonyl (C=O) groups excluding carboxylic acids is 1. The molecule has 8 heteroatoms. The lowest BCUT2D eigenvalue weighted by atomic mass is 9.96. The average molecular weight is 479 g/mol. The Morgan fingerprint density at radius 3 is 2.38 bits per heavy atom. The number of nitrogens with zero attached hydrogens (tertiary/aromatic N) is 3. The molecule has 3 aromatic rings. The van der Waals surface area contributed by atoms with Crippen LogP contribution in [0.3, 0.4) is 0 Å². The van der Waals surface area contributed by atoms with Gasteiger partial charge in [-0.1, -0.05) is 37.5 Å². The van der Waals surface area contributed by atoms with E-state index in [1.54, 1.807) is 23.9 Å². The highest BCUT2D eigenvalue weighted by molar-refractivity contribution is 7.89. The van der Waals surface area contributed by atoms with Crippen LogP contribution < -0.4 is 5.32 Å². The highest BCUT2D eigenvalue weighted by Gasteiger charge is 2.29. The molecule has 178 valence electrons. The van der Waals surface area contributed by atoms with Crippen LogP contribution in [0.4, 0.5) is 5.82 Å². The van der Waals surface area contributed by atoms with Gasteiger partial charge in [-0.05, 0) is 68.5 Å². The van der Waals surface area contributed by atoms with Gasteiger partial charge in [0.25, 0.3) is 5.91 Å². The number of carbonyl (C=O) groups is 1. The van der Waals surface area contributed by atoms with Crippen LogP contribution in [0.2, 0.25) is 0 Å². The van der Waals surface area contributed by atoms with Crippen LogP contribution in [0.25, 0.3) is 5.69 Å². The number of fused-ring (bicyclic) bond motifs is 1. The van der Waals surface area contributed by atoms with Crippen LogP contribution in [0.5, 0.6) is 0 Å². The quantitative estimate of drug-likeness (QED) is 0.563. The minimum Gasteiger partial charge on any atom is -0.306 e. The molecular formula is C26H30N4O3S. The summed E-state index contributed by atoms with van der Waals surface area (Å²) >= 11 is 0. The summed E-state index contributed by atoms with van der Waals surface area (Å²) in [4.78, 5) is 13.3. The molecule has 1 N–H and O–H groups in total. The van der Waals surface area contributed by atoms with Crippen molar-refractivity contribution in [3.63, 3.8) is 0 Å². The third-order valence-electron chi connectivity index (χ3n) is 7.02. The van der Waals surface area contributed by atoms with E-state index >= 15 is 0 Å². The van der Waals surface area contributed by atoms with Crippen LogP contribution in [-0.4, -0.2) is 41.5 Å². The van der Waals surface area contributed by atoms with Crippen molar-refractivity contribution in [3.05, 3.63) is 71.4 Å². The Hall–Kier alpha value is -2.97. The molecule has 0 unspecified atom stereocenters. The molecular weight excluding hydrogens is 448 g/mol. The molecule has 7 nitrogen and oxygen atoms in total. The number of rotatable bonds is 6. The van der Waals surface area contributed by atoms with Crippen molar-refractivity contribution in [1.82, 2.24) is 14.1 Å². The van der Waals surface area contributed by atoms with Crippen molar-refractivity contribution in [1.29, 1.82) is 0 Å². The van der Waals surface area contributed by atoms with E-state index in [-0.39, 0.29) is 16.8 Å². The van der Waals surface area contributed by atoms with E-state index in [1.807, 2.05) is 30.3 Å². The monoisotopic (exact) mass is 478 g/mol. The normalized spacial score (nSPS) is 16.5. The third-order valence-corrected chi connectivity index (χ3v) is 8.95. The van der Waals surface area contributed by atoms with Gasteiger partial charge in [-0.2, -0.15) is 9.40 Å². The van der Waals surface area contributed by atoms with E-state index in [4.69, 9.17) is 5.10 Å². The van der Waals surface area contributed by atoms with Crippen LogP contribution in [0, 0.1) is 0 Å². The largest absolute Gasteiger partial charge is 0.306 e. The molecule has 0 spiro atoms. The average Bonchev–Trinajstić information content (AvgIpc) is 3.47. The molecule has 0 saturated heterocycles. The predicted molar refractivity (Wildman–Crippen MR) is 132 cm³/mol. The maximum atomic E-state index is 13.1. The zero-order valence-corrected chi connectivity index (χ0v) is 20.2. The molecule has 0 aliphatic heterocycles. The molecule has 2 aliphatic carbocycles. The number of para-hydroxylation sites is 1. The molecule has 5 rings (SSSR count). The van der Waals surface area contributed by atoms with Crippen molar-refractivity contribution >= 4 is 21.7 Å². The van der Waals surface area contributed by atoms with Gasteiger partial charge in [0, 0.05) is 24.2 Å². The molecule has 0 atom stereocenters. The Labute approximate surface area is 200 Å². The van der Waals surface area contributed by atoms with Crippen LogP contribution >= 0.6 is 0 Å². The molecule has 34 heavy (non-hydrogen) atoms. The number of aryl methyl sites for hydroxylation is 1. The lowest BCUT2D eigenvalue weighted by molar-refractivity contribution is 0.102. The summed E-state index contributed by atoms with van der Waals surface area (Å²) in [5, 5.41) is 7.77. The first kappa shape index (κ1) is 22.8. The minimum absolute atomic E-state index is 0.0436. The molecule has 1 heterocycles. The molecule has 2 aromatic carbocycles. The van der Waals surface area contributed by atoms with Crippen LogP contribution in [0.1, 0.15) is 60.1 Å². The number of sulfonamides is 1. The van der Waals surface area contributed by atoms with Crippen molar-refractivity contribution in [2.24, 2.45) is 0 Å². The third kappa shape index (κ3) is 4.28. The number of aromatic nitrogens is 2. The zero-order chi connectivity index (χ0) is 23.7. The highest BCUT2D eigenvalue weighted by Crippen LogP contribution is 2.31. The topological polar surface area (TPSA) is 84.3 Å². The summed E-state index contributed by atoms with van der Waals surface area (Å²) in [6, 6.07) is 16.0. The van der Waals surface area contributed by atoms with E-state index in [0.29, 0.717) is 11.4 Å². The minimum atomic E-state index is -3.59. The summed E-state index contributed by atoms with van der Waals surface area (Å²) in [5.41, 5.74) is 3.39. The first-order valence-electron chi connectivity index (χ1n) is 12.0. The smallest absolute Gasteiger partial charge is 0.256 e. The maximum Gasteiger partial charge on any atom is 0.256 e. The molecule has 1 aromatic heterocycles. The molecule has 1 amide bonds. The van der Waals surface area contributed by atoms with Gasteiger partial charge >= 0.3 is 0 Å². The fraction of sp³-hybridized carbons (Fsp3) is 0.385. The maximum absolute atomic E-state index is 13.1. The molecule has 0 radical (unpaired) electrons. The number of benzene rings is 2. The second-order valence-electron chi connectivity index (χ2n) is 9.17. The second kappa shape index (κ2) is 9.35. The number of amides is 1. The fourth-order valence-electron chi connectivity index (χ4n) is 5.04. The van der Waals surface area contributed by atoms with Gasteiger partial charge in [0.05, 0.1) is 16.3 Å². The zero-order valence-electron chi connectivity index (χ0n) is 19.4. The summed E-state index contributed by atoms with van der Waals surface area (Å²) < 4.78 is 29.5. The van der Waals surface area contributed by atoms with Crippen molar-refractivity contribution in [3.8, 4) is 5.69 Å². The van der Waals surface area contributed by atoms with E-state index in [1.165, 1.54) is 22.9 Å². The van der Waals surface area contributed by atoms with Gasteiger partial charge in [-0.3, -0.25) is 4.79 Å². The van der Waals surface area contributed by atoms with E-state index in [9.17, 15) is 13.2 Å². The summed E-state index contributed by atoms with van der Waals surface area (Å²) in [7, 11) is -1.93. The molecule has 0 bridgehead atoms. The highest BCUT2D eigenvalue weighted by atomic mass is 32.2. The van der Waals surface area contributed by atoms with Crippen molar-refractivity contribution in [2.45, 2.75) is 62.3 Å². The van der Waals surface area contributed by atoms with E-state index in [0.717, 1.165) is 61.9 Å². The first-order valence-corrected chi connectivity index (χ1v) is 13.4. The van der Waals surface area contributed by atoms with Gasteiger partial charge in [0.2, 0.25) is 10.0 Å². The Bertz CT molecular complexity index is 1280. The Balaban J connectivity index is 1.37. The molecule has 1 fully saturated rings. The standard InChI is InChI=1S/C26H30N4O3S/c1-29(20-9-4-2-5-10-20)34(32,33)22-17-15-19(16-18-22)26(31)27-25-23-13-8-14-24(23)28-30(25)21-11-6-3-7-12-21/h3,6-7,11-12,15-18,20H,2,4-5,8-10,13-14H2,1H3,(H,27,31). The number of anilines is 1. The summed E-state index contributed by atoms with van der Waals surface area (Å²) in [6.45, 7) is 0. The Kier molecular flexibility index (Phi) is 6.27. The molecule has 1 saturated carbocycles. The number of nitrogens with one attached hydrogen (secondary N) is 1. The van der Waals surface area contributed by atoms with Crippen molar-refractivity contribution < 1.29 is 13.2 Å². The number of hydrogen-bond acceptors (Lipinski definition) is 4. The second-order valence-corrected chi connectivity index (χ2v) is 11.2. The summed E-state index contributed by atoms with van der Waals surface area (Å²) in [6.07, 6.45) is 7.89. The predicted octanol–water partition coefficient (Wildman–Crippen LogP) is 4.57. The number of hydrogen-bond donors (Lipinski definition) is 1. The van der Waals surface area contributed by atoms with E-state index in [2.05, 4.69) is 5.32 Å². The summed E-state index contributed by atoms with van der Waals surface area (Å²) in [5.74, 6) is 0.411. The van der Waals surface area contributed by atoms with Gasteiger partial charge < -0.3 is 5.32 Å². The van der Waals surface area contributed by atoms with Crippen LogP contribution in [0.15, 0.2) is 59.5 Å². The van der Waals surface area contributed by atoms with Gasteiger partial charge in [-0.15, -0.1) is 0 Å². The van der Waals surface area contributed by atoms with Gasteiger partial charge in [0.15, 0.2) is 0 Å².